The fraction of sp³-hybridized carbons (Fsp3) is 0. The Morgan fingerprint density at radius 3 is 3.00 bits per heavy atom. The van der Waals surface area contributed by atoms with E-state index in [-0.39, 0.29) is 12.1 Å². The molecular formula is C6H5FOS. The van der Waals surface area contributed by atoms with Crippen LogP contribution in [0.3, 0.4) is 0 Å². The Hall–Kier alpha value is -0.830. The summed E-state index contributed by atoms with van der Waals surface area (Å²) < 4.78 is 11.5. The second kappa shape index (κ2) is 2.64. The van der Waals surface area contributed by atoms with Crippen LogP contribution in [-0.4, -0.2) is 5.11 Å². The zero-order valence-electron chi connectivity index (χ0n) is 4.54. The Morgan fingerprint density at radius 2 is 2.56 bits per heavy atom. The van der Waals surface area contributed by atoms with Crippen molar-refractivity contribution in [1.29, 1.82) is 0 Å². The van der Waals surface area contributed by atoms with E-state index in [4.69, 9.17) is 5.11 Å². The maximum atomic E-state index is 11.5. The predicted molar refractivity (Wildman–Crippen MR) is 36.0 cm³/mol. The smallest absolute Gasteiger partial charge is 0.161 e. The van der Waals surface area contributed by atoms with Crippen LogP contribution < -0.4 is 0 Å². The molecule has 9 heavy (non-hydrogen) atoms. The molecule has 3 heteroatoms. The maximum absolute atomic E-state index is 11.5. The van der Waals surface area contributed by atoms with Gasteiger partial charge in [0.15, 0.2) is 5.76 Å². The standard InChI is InChI=1S/C6H5FOS/c7-4-5(8)6-2-1-3-9-6/h1-4,8H. The molecule has 1 rings (SSSR count). The highest BCUT2D eigenvalue weighted by Gasteiger charge is 1.96. The molecule has 0 aliphatic carbocycles. The van der Waals surface area contributed by atoms with Gasteiger partial charge in [-0.15, -0.1) is 11.3 Å². The summed E-state index contributed by atoms with van der Waals surface area (Å²) in [6.45, 7) is 0. The molecule has 0 aromatic carbocycles. The van der Waals surface area contributed by atoms with E-state index in [1.54, 1.807) is 17.5 Å². The van der Waals surface area contributed by atoms with Crippen LogP contribution >= 0.6 is 11.3 Å². The molecule has 0 radical (unpaired) electrons. The molecular weight excluding hydrogens is 139 g/mol. The average Bonchev–Trinajstić information content (AvgIpc) is 2.37. The molecule has 1 aromatic rings. The number of aliphatic hydroxyl groups is 1. The monoisotopic (exact) mass is 144 g/mol. The SMILES string of the molecule is OC(=CF)c1cccs1. The fourth-order valence-corrected chi connectivity index (χ4v) is 1.10. The molecule has 0 spiro atoms. The third-order valence-electron chi connectivity index (χ3n) is 0.877. The van der Waals surface area contributed by atoms with Crippen molar-refractivity contribution in [2.75, 3.05) is 0 Å². The predicted octanol–water partition coefficient (Wildman–Crippen LogP) is 2.57. The Balaban J connectivity index is 2.90. The van der Waals surface area contributed by atoms with Crippen molar-refractivity contribution in [2.24, 2.45) is 0 Å². The molecule has 0 saturated heterocycles. The largest absolute Gasteiger partial charge is 0.504 e. The molecule has 0 bridgehead atoms. The van der Waals surface area contributed by atoms with Crippen LogP contribution in [0.2, 0.25) is 0 Å². The summed E-state index contributed by atoms with van der Waals surface area (Å²) in [6.07, 6.45) is 0.186. The summed E-state index contributed by atoms with van der Waals surface area (Å²) in [7, 11) is 0. The van der Waals surface area contributed by atoms with Crippen molar-refractivity contribution in [3.63, 3.8) is 0 Å². The van der Waals surface area contributed by atoms with E-state index in [1.165, 1.54) is 11.3 Å². The number of rotatable bonds is 1. The fourth-order valence-electron chi connectivity index (χ4n) is 0.478. The van der Waals surface area contributed by atoms with Crippen LogP contribution in [0.25, 0.3) is 5.76 Å². The van der Waals surface area contributed by atoms with Crippen LogP contribution in [0.4, 0.5) is 4.39 Å². The second-order valence-electron chi connectivity index (χ2n) is 1.47. The molecule has 0 unspecified atom stereocenters. The number of halogens is 1. The van der Waals surface area contributed by atoms with Gasteiger partial charge in [0.05, 0.1) is 4.88 Å². The highest BCUT2D eigenvalue weighted by molar-refractivity contribution is 7.11. The van der Waals surface area contributed by atoms with Gasteiger partial charge in [0.1, 0.15) is 6.33 Å². The van der Waals surface area contributed by atoms with Crippen LogP contribution in [0, 0.1) is 0 Å². The van der Waals surface area contributed by atoms with Gasteiger partial charge in [0.25, 0.3) is 0 Å². The minimum absolute atomic E-state index is 0.186. The molecule has 1 aromatic heterocycles. The van der Waals surface area contributed by atoms with Crippen molar-refractivity contribution >= 4 is 17.1 Å². The van der Waals surface area contributed by atoms with E-state index in [1.807, 2.05) is 0 Å². The van der Waals surface area contributed by atoms with Crippen LogP contribution in [0.15, 0.2) is 23.8 Å². The van der Waals surface area contributed by atoms with Gasteiger partial charge in [-0.1, -0.05) is 6.07 Å². The van der Waals surface area contributed by atoms with E-state index in [2.05, 4.69) is 0 Å². The summed E-state index contributed by atoms with van der Waals surface area (Å²) in [6, 6.07) is 3.40. The topological polar surface area (TPSA) is 20.2 Å². The lowest BCUT2D eigenvalue weighted by atomic mass is 10.4. The molecule has 0 fully saturated rings. The van der Waals surface area contributed by atoms with Crippen molar-refractivity contribution in [1.82, 2.24) is 0 Å². The second-order valence-corrected chi connectivity index (χ2v) is 2.42. The van der Waals surface area contributed by atoms with Crippen molar-refractivity contribution in [2.45, 2.75) is 0 Å². The van der Waals surface area contributed by atoms with Crippen molar-refractivity contribution in [3.8, 4) is 0 Å². The lowest BCUT2D eigenvalue weighted by Crippen LogP contribution is -1.70. The summed E-state index contributed by atoms with van der Waals surface area (Å²) in [4.78, 5) is 0.553. The summed E-state index contributed by atoms with van der Waals surface area (Å²) in [5.41, 5.74) is 0. The molecule has 0 saturated carbocycles. The molecule has 1 N–H and O–H groups in total. The van der Waals surface area contributed by atoms with Crippen LogP contribution in [0.5, 0.6) is 0 Å². The van der Waals surface area contributed by atoms with Gasteiger partial charge in [0, 0.05) is 0 Å². The minimum atomic E-state index is -0.301. The number of hydrogen-bond donors (Lipinski definition) is 1. The molecule has 0 amide bonds. The van der Waals surface area contributed by atoms with E-state index in [9.17, 15) is 4.39 Å². The Kier molecular flexibility index (Phi) is 1.85. The van der Waals surface area contributed by atoms with Gasteiger partial charge in [-0.3, -0.25) is 0 Å². The maximum Gasteiger partial charge on any atom is 0.161 e. The first kappa shape index (κ1) is 6.29. The van der Waals surface area contributed by atoms with Gasteiger partial charge < -0.3 is 5.11 Å². The van der Waals surface area contributed by atoms with Crippen molar-refractivity contribution in [3.05, 3.63) is 28.7 Å². The Bertz CT molecular complexity index is 203. The van der Waals surface area contributed by atoms with Crippen molar-refractivity contribution < 1.29 is 9.50 Å². The first-order valence-corrected chi connectivity index (χ1v) is 3.26. The van der Waals surface area contributed by atoms with Gasteiger partial charge in [-0.05, 0) is 11.4 Å². The summed E-state index contributed by atoms with van der Waals surface area (Å²) >= 11 is 1.30. The highest BCUT2D eigenvalue weighted by atomic mass is 32.1. The lowest BCUT2D eigenvalue weighted by Gasteiger charge is -1.87. The molecule has 0 aliphatic rings. The normalized spacial score (nSPS) is 11.9. The Morgan fingerprint density at radius 1 is 1.78 bits per heavy atom. The first-order chi connectivity index (χ1) is 4.34. The van der Waals surface area contributed by atoms with E-state index in [0.29, 0.717) is 4.88 Å². The Labute approximate surface area is 56.1 Å². The molecule has 48 valence electrons. The van der Waals surface area contributed by atoms with Gasteiger partial charge in [-0.25, -0.2) is 4.39 Å². The average molecular weight is 144 g/mol. The first-order valence-electron chi connectivity index (χ1n) is 2.38. The minimum Gasteiger partial charge on any atom is -0.504 e. The number of thiophene rings is 1. The quantitative estimate of drug-likeness (QED) is 0.600. The summed E-state index contributed by atoms with van der Waals surface area (Å²) in [5, 5.41) is 10.5. The molecule has 1 nitrogen and oxygen atoms in total. The lowest BCUT2D eigenvalue weighted by molar-refractivity contribution is 0.498. The number of hydrogen-bond acceptors (Lipinski definition) is 2. The third kappa shape index (κ3) is 1.29. The third-order valence-corrected chi connectivity index (χ3v) is 1.77. The molecule has 0 atom stereocenters. The molecule has 1 heterocycles. The van der Waals surface area contributed by atoms with E-state index < -0.39 is 0 Å². The van der Waals surface area contributed by atoms with Gasteiger partial charge in [-0.2, -0.15) is 0 Å². The molecule has 0 aliphatic heterocycles. The van der Waals surface area contributed by atoms with Crippen LogP contribution in [0.1, 0.15) is 4.88 Å². The number of aliphatic hydroxyl groups excluding tert-OH is 1. The highest BCUT2D eigenvalue weighted by Crippen LogP contribution is 2.16. The summed E-state index contributed by atoms with van der Waals surface area (Å²) in [5.74, 6) is -0.301. The van der Waals surface area contributed by atoms with Gasteiger partial charge >= 0.3 is 0 Å². The van der Waals surface area contributed by atoms with Gasteiger partial charge in [0.2, 0.25) is 0 Å². The zero-order chi connectivity index (χ0) is 6.69. The van der Waals surface area contributed by atoms with E-state index in [0.717, 1.165) is 0 Å². The van der Waals surface area contributed by atoms with E-state index >= 15 is 0 Å². The van der Waals surface area contributed by atoms with Crippen LogP contribution in [-0.2, 0) is 0 Å². The zero-order valence-corrected chi connectivity index (χ0v) is 5.36.